The average Bonchev–Trinajstić information content (AvgIpc) is 3.46. The highest BCUT2D eigenvalue weighted by molar-refractivity contribution is 6.11. The van der Waals surface area contributed by atoms with Gasteiger partial charge in [0.1, 0.15) is 5.82 Å². The molecule has 35 heavy (non-hydrogen) atoms. The van der Waals surface area contributed by atoms with Gasteiger partial charge in [-0.3, -0.25) is 19.3 Å². The van der Waals surface area contributed by atoms with Crippen LogP contribution in [0.5, 0.6) is 0 Å². The molecule has 0 bridgehead atoms. The molecule has 3 aliphatic rings. The molecule has 2 heterocycles. The van der Waals surface area contributed by atoms with E-state index in [1.807, 2.05) is 17.0 Å². The van der Waals surface area contributed by atoms with Gasteiger partial charge in [-0.1, -0.05) is 49.2 Å². The van der Waals surface area contributed by atoms with E-state index in [9.17, 15) is 18.8 Å². The van der Waals surface area contributed by atoms with Crippen LogP contribution in [0.2, 0.25) is 0 Å². The predicted octanol–water partition coefficient (Wildman–Crippen LogP) is 4.87. The maximum absolute atomic E-state index is 14.3. The fourth-order valence-electron chi connectivity index (χ4n) is 6.42. The van der Waals surface area contributed by atoms with E-state index < -0.39 is 11.2 Å². The van der Waals surface area contributed by atoms with Crippen molar-refractivity contribution >= 4 is 17.7 Å². The van der Waals surface area contributed by atoms with Gasteiger partial charge in [-0.05, 0) is 61.4 Å². The van der Waals surface area contributed by atoms with E-state index in [4.69, 9.17) is 0 Å². The zero-order chi connectivity index (χ0) is 24.6. The Bertz CT molecular complexity index is 1140. The van der Waals surface area contributed by atoms with E-state index in [-0.39, 0.29) is 42.5 Å². The number of imide groups is 1. The maximum Gasteiger partial charge on any atom is 0.241 e. The molecule has 2 aromatic carbocycles. The van der Waals surface area contributed by atoms with Crippen molar-refractivity contribution in [3.63, 3.8) is 0 Å². The smallest absolute Gasteiger partial charge is 0.241 e. The number of nitrogens with zero attached hydrogens (tertiary/aromatic N) is 2. The maximum atomic E-state index is 14.3. The van der Waals surface area contributed by atoms with E-state index in [0.29, 0.717) is 18.7 Å². The van der Waals surface area contributed by atoms with Gasteiger partial charge in [0, 0.05) is 37.9 Å². The first kappa shape index (κ1) is 23.7. The van der Waals surface area contributed by atoms with Crippen molar-refractivity contribution in [3.8, 4) is 0 Å². The van der Waals surface area contributed by atoms with Gasteiger partial charge in [0.2, 0.25) is 17.7 Å². The predicted molar refractivity (Wildman–Crippen MR) is 131 cm³/mol. The molecule has 0 unspecified atom stereocenters. The number of amides is 3. The van der Waals surface area contributed by atoms with Crippen LogP contribution in [0.25, 0.3) is 0 Å². The van der Waals surface area contributed by atoms with Gasteiger partial charge in [-0.25, -0.2) is 4.39 Å². The molecule has 2 saturated heterocycles. The molecule has 184 valence electrons. The SMILES string of the molecule is Cc1ccccc1[C@H]1CCCN(C(=O)C[C@]2(c3cccc(F)c3)CC(=O)N(C3CCCC3)C2=O)C1. The van der Waals surface area contributed by atoms with Crippen molar-refractivity contribution < 1.29 is 18.8 Å². The molecule has 2 aliphatic heterocycles. The lowest BCUT2D eigenvalue weighted by Gasteiger charge is -2.36. The molecular formula is C29H33FN2O3. The number of rotatable bonds is 5. The summed E-state index contributed by atoms with van der Waals surface area (Å²) in [4.78, 5) is 44.0. The minimum absolute atomic E-state index is 0.0768. The first-order valence-corrected chi connectivity index (χ1v) is 12.8. The number of hydrogen-bond donors (Lipinski definition) is 0. The van der Waals surface area contributed by atoms with Crippen molar-refractivity contribution in [1.82, 2.24) is 9.80 Å². The second-order valence-electron chi connectivity index (χ2n) is 10.5. The van der Waals surface area contributed by atoms with E-state index in [2.05, 4.69) is 19.1 Å². The van der Waals surface area contributed by atoms with Crippen LogP contribution < -0.4 is 0 Å². The van der Waals surface area contributed by atoms with Crippen LogP contribution in [-0.4, -0.2) is 46.7 Å². The van der Waals surface area contributed by atoms with Gasteiger partial charge in [-0.2, -0.15) is 0 Å². The van der Waals surface area contributed by atoms with Crippen LogP contribution in [0.3, 0.4) is 0 Å². The van der Waals surface area contributed by atoms with Crippen LogP contribution >= 0.6 is 0 Å². The Hall–Kier alpha value is -3.02. The molecule has 6 heteroatoms. The highest BCUT2D eigenvalue weighted by Gasteiger charge is 2.56. The number of benzene rings is 2. The van der Waals surface area contributed by atoms with E-state index >= 15 is 0 Å². The number of hydrogen-bond acceptors (Lipinski definition) is 3. The van der Waals surface area contributed by atoms with Gasteiger partial charge in [0.25, 0.3) is 0 Å². The van der Waals surface area contributed by atoms with Crippen LogP contribution in [-0.2, 0) is 19.8 Å². The van der Waals surface area contributed by atoms with Crippen molar-refractivity contribution in [1.29, 1.82) is 0 Å². The normalized spacial score (nSPS) is 25.5. The minimum atomic E-state index is -1.34. The van der Waals surface area contributed by atoms with Crippen LogP contribution in [0.1, 0.15) is 74.0 Å². The fraction of sp³-hybridized carbons (Fsp3) is 0.483. The summed E-state index contributed by atoms with van der Waals surface area (Å²) in [6.45, 7) is 3.32. The number of carbonyl (C=O) groups excluding carboxylic acids is 3. The topological polar surface area (TPSA) is 57.7 Å². The lowest BCUT2D eigenvalue weighted by atomic mass is 9.75. The van der Waals surface area contributed by atoms with E-state index in [1.54, 1.807) is 12.1 Å². The monoisotopic (exact) mass is 476 g/mol. The summed E-state index contributed by atoms with van der Waals surface area (Å²) in [6.07, 6.45) is 5.29. The average molecular weight is 477 g/mol. The quantitative estimate of drug-likeness (QED) is 0.579. The largest absolute Gasteiger partial charge is 0.342 e. The number of piperidine rings is 1. The summed E-state index contributed by atoms with van der Waals surface area (Å²) in [7, 11) is 0. The third-order valence-electron chi connectivity index (χ3n) is 8.27. The highest BCUT2D eigenvalue weighted by Crippen LogP contribution is 2.43. The fourth-order valence-corrected chi connectivity index (χ4v) is 6.42. The van der Waals surface area contributed by atoms with Gasteiger partial charge in [0.15, 0.2) is 0 Å². The van der Waals surface area contributed by atoms with E-state index in [0.717, 1.165) is 38.5 Å². The number of halogens is 1. The number of aryl methyl sites for hydroxylation is 1. The van der Waals surface area contributed by atoms with Crippen LogP contribution in [0.4, 0.5) is 4.39 Å². The number of likely N-dealkylation sites (tertiary alicyclic amines) is 2. The molecule has 1 aliphatic carbocycles. The second kappa shape index (κ2) is 9.56. The Kier molecular flexibility index (Phi) is 6.47. The Labute approximate surface area is 206 Å². The molecule has 3 fully saturated rings. The molecule has 0 spiro atoms. The van der Waals surface area contributed by atoms with Crippen LogP contribution in [0, 0.1) is 12.7 Å². The van der Waals surface area contributed by atoms with Crippen molar-refractivity contribution in [3.05, 3.63) is 71.0 Å². The summed E-state index contributed by atoms with van der Waals surface area (Å²) in [6, 6.07) is 14.1. The first-order chi connectivity index (χ1) is 16.9. The Morgan fingerprint density at radius 1 is 1.03 bits per heavy atom. The minimum Gasteiger partial charge on any atom is -0.342 e. The van der Waals surface area contributed by atoms with Crippen molar-refractivity contribution in [2.24, 2.45) is 0 Å². The summed E-state index contributed by atoms with van der Waals surface area (Å²) >= 11 is 0. The third-order valence-corrected chi connectivity index (χ3v) is 8.27. The lowest BCUT2D eigenvalue weighted by molar-refractivity contribution is -0.145. The lowest BCUT2D eigenvalue weighted by Crippen LogP contribution is -2.47. The van der Waals surface area contributed by atoms with Gasteiger partial charge in [-0.15, -0.1) is 0 Å². The molecule has 1 saturated carbocycles. The van der Waals surface area contributed by atoms with Gasteiger partial charge < -0.3 is 4.90 Å². The Balaban J connectivity index is 1.43. The van der Waals surface area contributed by atoms with Gasteiger partial charge in [0.05, 0.1) is 5.41 Å². The first-order valence-electron chi connectivity index (χ1n) is 12.8. The van der Waals surface area contributed by atoms with Crippen LogP contribution in [0.15, 0.2) is 48.5 Å². The van der Waals surface area contributed by atoms with Crippen molar-refractivity contribution in [2.75, 3.05) is 13.1 Å². The summed E-state index contributed by atoms with van der Waals surface area (Å²) in [5.74, 6) is -0.931. The van der Waals surface area contributed by atoms with E-state index in [1.165, 1.54) is 28.2 Å². The molecule has 5 nitrogen and oxygen atoms in total. The summed E-state index contributed by atoms with van der Waals surface area (Å²) < 4.78 is 14.3. The molecule has 0 aromatic heterocycles. The Morgan fingerprint density at radius 3 is 2.54 bits per heavy atom. The zero-order valence-corrected chi connectivity index (χ0v) is 20.3. The molecule has 2 atom stereocenters. The van der Waals surface area contributed by atoms with Gasteiger partial charge >= 0.3 is 0 Å². The molecule has 5 rings (SSSR count). The number of carbonyl (C=O) groups is 3. The summed E-state index contributed by atoms with van der Waals surface area (Å²) in [5.41, 5.74) is 1.56. The second-order valence-corrected chi connectivity index (χ2v) is 10.5. The molecular weight excluding hydrogens is 443 g/mol. The van der Waals surface area contributed by atoms with Crippen molar-refractivity contribution in [2.45, 2.75) is 75.7 Å². The third kappa shape index (κ3) is 4.39. The molecule has 3 amide bonds. The standard InChI is InChI=1S/C29H33FN2O3/c1-20-8-2-5-14-25(20)21-9-7-15-31(19-21)26(33)17-29(22-10-6-11-23(30)16-22)18-27(34)32(28(29)35)24-12-3-4-13-24/h2,5-6,8,10-11,14,16,21,24H,3-4,7,9,12-13,15,17-19H2,1H3/t21-,29+/m0/s1. The Morgan fingerprint density at radius 2 is 1.80 bits per heavy atom. The highest BCUT2D eigenvalue weighted by atomic mass is 19.1. The molecule has 0 radical (unpaired) electrons. The summed E-state index contributed by atoms with van der Waals surface area (Å²) in [5, 5.41) is 0. The molecule has 0 N–H and O–H groups in total. The molecule has 2 aromatic rings. The zero-order valence-electron chi connectivity index (χ0n) is 20.3.